The van der Waals surface area contributed by atoms with Crippen LogP contribution in [0.4, 0.5) is 0 Å². The third-order valence-electron chi connectivity index (χ3n) is 3.38. The molecule has 0 aliphatic rings. The Bertz CT molecular complexity index is 867. The number of hydrogen-bond donors (Lipinski definition) is 1. The van der Waals surface area contributed by atoms with Gasteiger partial charge in [0.2, 0.25) is 0 Å². The van der Waals surface area contributed by atoms with Crippen LogP contribution in [0.15, 0.2) is 59.0 Å². The monoisotopic (exact) mass is 274 g/mol. The number of allylic oxidation sites excluding steroid dienone is 1. The number of benzene rings is 2. The van der Waals surface area contributed by atoms with Gasteiger partial charge in [0.05, 0.1) is 11.3 Å². The van der Waals surface area contributed by atoms with E-state index in [1.54, 1.807) is 0 Å². The maximum atomic E-state index is 9.40. The van der Waals surface area contributed by atoms with Crippen LogP contribution in [-0.4, -0.2) is 0 Å². The Morgan fingerprint density at radius 2 is 1.86 bits per heavy atom. The van der Waals surface area contributed by atoms with Gasteiger partial charge in [-0.1, -0.05) is 42.0 Å². The second kappa shape index (κ2) is 5.18. The van der Waals surface area contributed by atoms with Crippen molar-refractivity contribution in [3.05, 3.63) is 71.5 Å². The van der Waals surface area contributed by atoms with Gasteiger partial charge < -0.3 is 10.2 Å². The molecule has 0 atom stereocenters. The van der Waals surface area contributed by atoms with Crippen LogP contribution in [0.2, 0.25) is 0 Å². The molecule has 0 amide bonds. The third kappa shape index (κ3) is 2.39. The van der Waals surface area contributed by atoms with Crippen LogP contribution < -0.4 is 5.73 Å². The molecular weight excluding hydrogens is 260 g/mol. The zero-order valence-corrected chi connectivity index (χ0v) is 11.6. The standard InChI is InChI=1S/C18H14N2O/c1-12-7-8-16-14(9-12)10-17(21-16)18(20)15(11-19)13-5-3-2-4-6-13/h2-10H,20H2,1H3/b18-15+. The van der Waals surface area contributed by atoms with E-state index in [9.17, 15) is 5.26 Å². The van der Waals surface area contributed by atoms with Gasteiger partial charge in [-0.2, -0.15) is 5.26 Å². The molecule has 3 aromatic rings. The lowest BCUT2D eigenvalue weighted by Gasteiger charge is -2.02. The third-order valence-corrected chi connectivity index (χ3v) is 3.38. The van der Waals surface area contributed by atoms with Gasteiger partial charge in [0.1, 0.15) is 11.7 Å². The van der Waals surface area contributed by atoms with E-state index in [0.717, 1.165) is 22.1 Å². The lowest BCUT2D eigenvalue weighted by Crippen LogP contribution is -1.99. The Balaban J connectivity index is 2.16. The van der Waals surface area contributed by atoms with Crippen LogP contribution in [0.5, 0.6) is 0 Å². The van der Waals surface area contributed by atoms with E-state index >= 15 is 0 Å². The van der Waals surface area contributed by atoms with Crippen molar-refractivity contribution in [1.29, 1.82) is 5.26 Å². The van der Waals surface area contributed by atoms with Crippen LogP contribution in [-0.2, 0) is 0 Å². The van der Waals surface area contributed by atoms with Gasteiger partial charge in [0.25, 0.3) is 0 Å². The first-order valence-electron chi connectivity index (χ1n) is 6.65. The minimum atomic E-state index is 0.359. The number of nitriles is 1. The smallest absolute Gasteiger partial charge is 0.152 e. The number of fused-ring (bicyclic) bond motifs is 1. The second-order valence-corrected chi connectivity index (χ2v) is 4.92. The topological polar surface area (TPSA) is 62.9 Å². The highest BCUT2D eigenvalue weighted by molar-refractivity contribution is 5.96. The highest BCUT2D eigenvalue weighted by Crippen LogP contribution is 2.27. The number of aryl methyl sites for hydroxylation is 1. The maximum Gasteiger partial charge on any atom is 0.152 e. The predicted molar refractivity (Wildman–Crippen MR) is 84.0 cm³/mol. The molecule has 0 aliphatic carbocycles. The van der Waals surface area contributed by atoms with Gasteiger partial charge in [-0.05, 0) is 30.7 Å². The van der Waals surface area contributed by atoms with E-state index in [2.05, 4.69) is 6.07 Å². The molecule has 0 fully saturated rings. The summed E-state index contributed by atoms with van der Waals surface area (Å²) in [7, 11) is 0. The molecule has 0 saturated heterocycles. The molecule has 0 saturated carbocycles. The van der Waals surface area contributed by atoms with Crippen LogP contribution >= 0.6 is 0 Å². The summed E-state index contributed by atoms with van der Waals surface area (Å²) in [5, 5.41) is 10.4. The molecule has 1 heterocycles. The molecule has 0 spiro atoms. The van der Waals surface area contributed by atoms with Crippen molar-refractivity contribution in [2.45, 2.75) is 6.92 Å². The van der Waals surface area contributed by atoms with Crippen LogP contribution in [0, 0.1) is 18.3 Å². The van der Waals surface area contributed by atoms with Crippen molar-refractivity contribution in [3.63, 3.8) is 0 Å². The van der Waals surface area contributed by atoms with E-state index in [1.165, 1.54) is 0 Å². The molecule has 21 heavy (non-hydrogen) atoms. The molecule has 3 nitrogen and oxygen atoms in total. The zero-order chi connectivity index (χ0) is 14.8. The first-order chi connectivity index (χ1) is 10.2. The molecule has 0 aliphatic heterocycles. The summed E-state index contributed by atoms with van der Waals surface area (Å²) in [5.41, 5.74) is 9.64. The van der Waals surface area contributed by atoms with E-state index in [1.807, 2.05) is 61.5 Å². The van der Waals surface area contributed by atoms with Crippen LogP contribution in [0.1, 0.15) is 16.9 Å². The molecule has 0 radical (unpaired) electrons. The summed E-state index contributed by atoms with van der Waals surface area (Å²) in [5.74, 6) is 0.524. The zero-order valence-electron chi connectivity index (χ0n) is 11.6. The fourth-order valence-corrected chi connectivity index (χ4v) is 2.30. The molecule has 0 bridgehead atoms. The lowest BCUT2D eigenvalue weighted by atomic mass is 10.0. The van der Waals surface area contributed by atoms with E-state index in [0.29, 0.717) is 17.0 Å². The van der Waals surface area contributed by atoms with Gasteiger partial charge >= 0.3 is 0 Å². The Kier molecular flexibility index (Phi) is 3.21. The Morgan fingerprint density at radius 1 is 1.10 bits per heavy atom. The fraction of sp³-hybridized carbons (Fsp3) is 0.0556. The molecule has 3 heteroatoms. The average Bonchev–Trinajstić information content (AvgIpc) is 2.92. The molecule has 102 valence electrons. The Morgan fingerprint density at radius 3 is 2.57 bits per heavy atom. The second-order valence-electron chi connectivity index (χ2n) is 4.92. The molecular formula is C18H14N2O. The number of hydrogen-bond acceptors (Lipinski definition) is 3. The lowest BCUT2D eigenvalue weighted by molar-refractivity contribution is 0.599. The summed E-state index contributed by atoms with van der Waals surface area (Å²) >= 11 is 0. The van der Waals surface area contributed by atoms with E-state index in [-0.39, 0.29) is 0 Å². The minimum absolute atomic E-state index is 0.359. The van der Waals surface area contributed by atoms with Crippen molar-refractivity contribution in [1.82, 2.24) is 0 Å². The van der Waals surface area contributed by atoms with Crippen molar-refractivity contribution < 1.29 is 4.42 Å². The van der Waals surface area contributed by atoms with Crippen LogP contribution in [0.25, 0.3) is 22.2 Å². The van der Waals surface area contributed by atoms with Gasteiger partial charge in [0.15, 0.2) is 5.76 Å². The summed E-state index contributed by atoms with van der Waals surface area (Å²) in [6.07, 6.45) is 0. The SMILES string of the molecule is Cc1ccc2oc(/C(N)=C(/C#N)c3ccccc3)cc2c1. The van der Waals surface area contributed by atoms with Crippen molar-refractivity contribution in [2.75, 3.05) is 0 Å². The fourth-order valence-electron chi connectivity index (χ4n) is 2.30. The maximum absolute atomic E-state index is 9.40. The van der Waals surface area contributed by atoms with E-state index in [4.69, 9.17) is 10.2 Å². The summed E-state index contributed by atoms with van der Waals surface area (Å²) in [6, 6.07) is 19.3. The van der Waals surface area contributed by atoms with Crippen LogP contribution in [0.3, 0.4) is 0 Å². The average molecular weight is 274 g/mol. The summed E-state index contributed by atoms with van der Waals surface area (Å²) < 4.78 is 5.76. The Hall–Kier alpha value is -2.99. The van der Waals surface area contributed by atoms with Gasteiger partial charge in [0, 0.05) is 5.39 Å². The number of nitrogens with zero attached hydrogens (tertiary/aromatic N) is 1. The van der Waals surface area contributed by atoms with Gasteiger partial charge in [-0.25, -0.2) is 0 Å². The molecule has 0 unspecified atom stereocenters. The minimum Gasteiger partial charge on any atom is -0.454 e. The molecule has 2 N–H and O–H groups in total. The van der Waals surface area contributed by atoms with Gasteiger partial charge in [-0.15, -0.1) is 0 Å². The normalized spacial score (nSPS) is 12.0. The van der Waals surface area contributed by atoms with Crippen molar-refractivity contribution in [2.24, 2.45) is 5.73 Å². The number of nitrogens with two attached hydrogens (primary N) is 1. The first kappa shape index (κ1) is 13.0. The largest absolute Gasteiger partial charge is 0.454 e. The molecule has 2 aromatic carbocycles. The number of furan rings is 1. The highest BCUT2D eigenvalue weighted by atomic mass is 16.3. The summed E-state index contributed by atoms with van der Waals surface area (Å²) in [6.45, 7) is 2.02. The van der Waals surface area contributed by atoms with Crippen molar-refractivity contribution in [3.8, 4) is 6.07 Å². The Labute approximate surface area is 122 Å². The quantitative estimate of drug-likeness (QED) is 0.716. The molecule has 3 rings (SSSR count). The molecule has 1 aromatic heterocycles. The first-order valence-corrected chi connectivity index (χ1v) is 6.65. The van der Waals surface area contributed by atoms with Gasteiger partial charge in [-0.3, -0.25) is 0 Å². The predicted octanol–water partition coefficient (Wildman–Crippen LogP) is 4.09. The van der Waals surface area contributed by atoms with E-state index < -0.39 is 0 Å². The highest BCUT2D eigenvalue weighted by Gasteiger charge is 2.12. The summed E-state index contributed by atoms with van der Waals surface area (Å²) in [4.78, 5) is 0. The number of rotatable bonds is 2. The van der Waals surface area contributed by atoms with Crippen molar-refractivity contribution >= 4 is 22.2 Å².